The standard InChI is InChI=1S/C13H12F2N4S/c1-18-10-5-3-2-4-9(10)17-13(18)20-8-11-16-6-7-19(11)12(14)15/h2-7,12H,8H2,1H3. The van der Waals surface area contributed by atoms with Crippen molar-refractivity contribution in [2.75, 3.05) is 0 Å². The monoisotopic (exact) mass is 294 g/mol. The smallest absolute Gasteiger partial charge is 0.319 e. The zero-order valence-electron chi connectivity index (χ0n) is 10.7. The van der Waals surface area contributed by atoms with Crippen molar-refractivity contribution < 1.29 is 8.78 Å². The second-order valence-corrected chi connectivity index (χ2v) is 5.20. The number of hydrogen-bond donors (Lipinski definition) is 0. The van der Waals surface area contributed by atoms with E-state index in [2.05, 4.69) is 9.97 Å². The summed E-state index contributed by atoms with van der Waals surface area (Å²) in [6.07, 6.45) is 2.67. The SMILES string of the molecule is Cn1c(SCc2nccn2C(F)F)nc2ccccc21. The number of imidazole rings is 2. The number of alkyl halides is 2. The number of halogens is 2. The molecule has 0 spiro atoms. The van der Waals surface area contributed by atoms with Crippen molar-refractivity contribution in [1.29, 1.82) is 0 Å². The van der Waals surface area contributed by atoms with E-state index in [4.69, 9.17) is 0 Å². The first kappa shape index (κ1) is 13.1. The van der Waals surface area contributed by atoms with Crippen molar-refractivity contribution in [2.24, 2.45) is 7.05 Å². The molecular formula is C13H12F2N4S. The van der Waals surface area contributed by atoms with Crippen molar-refractivity contribution in [3.63, 3.8) is 0 Å². The quantitative estimate of drug-likeness (QED) is 0.691. The fourth-order valence-electron chi connectivity index (χ4n) is 2.02. The van der Waals surface area contributed by atoms with Gasteiger partial charge in [0, 0.05) is 19.4 Å². The molecule has 7 heteroatoms. The molecule has 0 aliphatic heterocycles. The molecule has 0 saturated heterocycles. The highest BCUT2D eigenvalue weighted by atomic mass is 32.2. The zero-order valence-corrected chi connectivity index (χ0v) is 11.5. The highest BCUT2D eigenvalue weighted by Gasteiger charge is 2.13. The molecule has 2 heterocycles. The van der Waals surface area contributed by atoms with Crippen LogP contribution in [-0.2, 0) is 12.8 Å². The predicted octanol–water partition coefficient (Wildman–Crippen LogP) is 3.46. The maximum atomic E-state index is 12.7. The summed E-state index contributed by atoms with van der Waals surface area (Å²) in [7, 11) is 1.91. The van der Waals surface area contributed by atoms with Crippen LogP contribution in [0.15, 0.2) is 41.8 Å². The summed E-state index contributed by atoms with van der Waals surface area (Å²) in [6, 6.07) is 7.78. The van der Waals surface area contributed by atoms with E-state index in [0.29, 0.717) is 11.6 Å². The first-order valence-electron chi connectivity index (χ1n) is 6.01. The van der Waals surface area contributed by atoms with Gasteiger partial charge in [-0.05, 0) is 12.1 Å². The molecule has 0 aliphatic carbocycles. The molecule has 0 fully saturated rings. The molecule has 2 aromatic heterocycles. The van der Waals surface area contributed by atoms with Crippen LogP contribution in [0.1, 0.15) is 12.4 Å². The van der Waals surface area contributed by atoms with Gasteiger partial charge in [-0.2, -0.15) is 8.78 Å². The average Bonchev–Trinajstić information content (AvgIpc) is 3.02. The van der Waals surface area contributed by atoms with E-state index in [1.165, 1.54) is 24.2 Å². The number of benzene rings is 1. The summed E-state index contributed by atoms with van der Waals surface area (Å²) >= 11 is 1.40. The summed E-state index contributed by atoms with van der Waals surface area (Å²) in [5, 5.41) is 0.787. The lowest BCUT2D eigenvalue weighted by molar-refractivity contribution is 0.0678. The molecule has 20 heavy (non-hydrogen) atoms. The second-order valence-electron chi connectivity index (χ2n) is 4.26. The molecule has 3 aromatic rings. The van der Waals surface area contributed by atoms with Crippen LogP contribution in [0.3, 0.4) is 0 Å². The van der Waals surface area contributed by atoms with Crippen LogP contribution >= 0.6 is 11.8 Å². The number of aryl methyl sites for hydroxylation is 1. The van der Waals surface area contributed by atoms with Crippen molar-refractivity contribution in [3.8, 4) is 0 Å². The third kappa shape index (κ3) is 2.29. The van der Waals surface area contributed by atoms with E-state index in [9.17, 15) is 8.78 Å². The van der Waals surface area contributed by atoms with Gasteiger partial charge < -0.3 is 4.57 Å². The Kier molecular flexibility index (Phi) is 3.43. The fourth-order valence-corrected chi connectivity index (χ4v) is 2.95. The maximum Gasteiger partial charge on any atom is 0.319 e. The van der Waals surface area contributed by atoms with Gasteiger partial charge in [0.15, 0.2) is 5.16 Å². The molecule has 0 unspecified atom stereocenters. The molecule has 0 N–H and O–H groups in total. The Bertz CT molecular complexity index is 735. The number of nitrogens with zero attached hydrogens (tertiary/aromatic N) is 4. The number of fused-ring (bicyclic) bond motifs is 1. The van der Waals surface area contributed by atoms with Crippen LogP contribution in [0, 0.1) is 0 Å². The Morgan fingerprint density at radius 1 is 1.30 bits per heavy atom. The normalized spacial score (nSPS) is 11.6. The minimum atomic E-state index is -2.56. The molecule has 3 rings (SSSR count). The molecule has 0 aliphatic rings. The summed E-state index contributed by atoms with van der Waals surface area (Å²) in [5.74, 6) is 0.700. The summed E-state index contributed by atoms with van der Waals surface area (Å²) in [4.78, 5) is 8.45. The molecular weight excluding hydrogens is 282 g/mol. The molecule has 0 radical (unpaired) electrons. The van der Waals surface area contributed by atoms with Gasteiger partial charge >= 0.3 is 6.55 Å². The minimum absolute atomic E-state index is 0.344. The van der Waals surface area contributed by atoms with Gasteiger partial charge in [0.1, 0.15) is 5.82 Å². The Balaban J connectivity index is 1.83. The zero-order chi connectivity index (χ0) is 14.1. The van der Waals surface area contributed by atoms with Crippen LogP contribution in [0.4, 0.5) is 8.78 Å². The Hall–Kier alpha value is -1.89. The van der Waals surface area contributed by atoms with Gasteiger partial charge in [0.05, 0.1) is 16.8 Å². The fraction of sp³-hybridized carbons (Fsp3) is 0.231. The lowest BCUT2D eigenvalue weighted by atomic mass is 10.3. The van der Waals surface area contributed by atoms with Crippen LogP contribution in [0.2, 0.25) is 0 Å². The van der Waals surface area contributed by atoms with Gasteiger partial charge in [-0.1, -0.05) is 23.9 Å². The van der Waals surface area contributed by atoms with E-state index in [1.54, 1.807) is 0 Å². The molecule has 0 saturated carbocycles. The molecule has 0 bridgehead atoms. The molecule has 104 valence electrons. The highest BCUT2D eigenvalue weighted by Crippen LogP contribution is 2.26. The Morgan fingerprint density at radius 2 is 2.10 bits per heavy atom. The highest BCUT2D eigenvalue weighted by molar-refractivity contribution is 7.98. The second kappa shape index (κ2) is 5.24. The Morgan fingerprint density at radius 3 is 2.85 bits per heavy atom. The van der Waals surface area contributed by atoms with Crippen molar-refractivity contribution >= 4 is 22.8 Å². The van der Waals surface area contributed by atoms with E-state index >= 15 is 0 Å². The van der Waals surface area contributed by atoms with Crippen molar-refractivity contribution in [2.45, 2.75) is 17.5 Å². The topological polar surface area (TPSA) is 35.6 Å². The first-order valence-corrected chi connectivity index (χ1v) is 6.99. The molecule has 4 nitrogen and oxygen atoms in total. The van der Waals surface area contributed by atoms with Crippen LogP contribution in [-0.4, -0.2) is 19.1 Å². The van der Waals surface area contributed by atoms with Crippen LogP contribution in [0.5, 0.6) is 0 Å². The third-order valence-electron chi connectivity index (χ3n) is 3.04. The minimum Gasteiger partial charge on any atom is -0.322 e. The number of hydrogen-bond acceptors (Lipinski definition) is 3. The largest absolute Gasteiger partial charge is 0.322 e. The maximum absolute atomic E-state index is 12.7. The van der Waals surface area contributed by atoms with Crippen molar-refractivity contribution in [3.05, 3.63) is 42.5 Å². The van der Waals surface area contributed by atoms with E-state index < -0.39 is 6.55 Å². The van der Waals surface area contributed by atoms with Crippen LogP contribution in [0.25, 0.3) is 11.0 Å². The number of thioether (sulfide) groups is 1. The third-order valence-corrected chi connectivity index (χ3v) is 4.06. The lowest BCUT2D eigenvalue weighted by Gasteiger charge is -2.06. The Labute approximate surface area is 118 Å². The number of aromatic nitrogens is 4. The van der Waals surface area contributed by atoms with Crippen LogP contribution < -0.4 is 0 Å². The van der Waals surface area contributed by atoms with Gasteiger partial charge in [-0.25, -0.2) is 9.97 Å². The van der Waals surface area contributed by atoms with Gasteiger partial charge in [0.25, 0.3) is 0 Å². The summed E-state index contributed by atoms with van der Waals surface area (Å²) < 4.78 is 28.3. The number of rotatable bonds is 4. The molecule has 0 atom stereocenters. The van der Waals surface area contributed by atoms with E-state index in [-0.39, 0.29) is 0 Å². The molecule has 1 aromatic carbocycles. The lowest BCUT2D eigenvalue weighted by Crippen LogP contribution is -2.02. The van der Waals surface area contributed by atoms with E-state index in [0.717, 1.165) is 20.8 Å². The predicted molar refractivity (Wildman–Crippen MR) is 73.8 cm³/mol. The number of para-hydroxylation sites is 2. The van der Waals surface area contributed by atoms with Gasteiger partial charge in [-0.3, -0.25) is 4.57 Å². The summed E-state index contributed by atoms with van der Waals surface area (Å²) in [5.41, 5.74) is 1.92. The van der Waals surface area contributed by atoms with Gasteiger partial charge in [0.2, 0.25) is 0 Å². The van der Waals surface area contributed by atoms with E-state index in [1.807, 2.05) is 35.9 Å². The van der Waals surface area contributed by atoms with Crippen molar-refractivity contribution in [1.82, 2.24) is 19.1 Å². The summed E-state index contributed by atoms with van der Waals surface area (Å²) in [6.45, 7) is -2.56. The molecule has 0 amide bonds. The average molecular weight is 294 g/mol. The first-order chi connectivity index (χ1) is 9.66. The van der Waals surface area contributed by atoms with Gasteiger partial charge in [-0.15, -0.1) is 0 Å².